The van der Waals surface area contributed by atoms with Crippen LogP contribution in [-0.2, 0) is 9.53 Å². The number of ether oxygens (including phenoxy) is 1. The molecule has 0 saturated carbocycles. The second kappa shape index (κ2) is 6.74. The number of carbonyl (C=O) groups excluding carboxylic acids is 2. The number of furan rings is 1. The van der Waals surface area contributed by atoms with Crippen LogP contribution in [0.2, 0.25) is 0 Å². The van der Waals surface area contributed by atoms with Gasteiger partial charge in [0, 0.05) is 0 Å². The highest BCUT2D eigenvalue weighted by atomic mass is 16.5. The number of rotatable bonds is 5. The summed E-state index contributed by atoms with van der Waals surface area (Å²) in [5, 5.41) is 2.69. The Hall–Kier alpha value is -2.56. The average Bonchev–Trinajstić information content (AvgIpc) is 2.99. The molecule has 0 bridgehead atoms. The Bertz CT molecular complexity index is 619. The van der Waals surface area contributed by atoms with E-state index in [1.165, 1.54) is 6.26 Å². The average molecular weight is 287 g/mol. The molecule has 2 aromatic rings. The number of hydrogen-bond donors (Lipinski definition) is 1. The maximum absolute atomic E-state index is 11.9. The van der Waals surface area contributed by atoms with E-state index in [0.717, 1.165) is 5.56 Å². The number of esters is 1. The summed E-state index contributed by atoms with van der Waals surface area (Å²) < 4.78 is 10.2. The van der Waals surface area contributed by atoms with Gasteiger partial charge in [0.1, 0.15) is 5.76 Å². The maximum atomic E-state index is 11.9. The van der Waals surface area contributed by atoms with Gasteiger partial charge in [-0.05, 0) is 37.6 Å². The van der Waals surface area contributed by atoms with Gasteiger partial charge in [-0.25, -0.2) is 4.79 Å². The highest BCUT2D eigenvalue weighted by Crippen LogP contribution is 2.12. The summed E-state index contributed by atoms with van der Waals surface area (Å²) in [5.41, 5.74) is 1.27. The van der Waals surface area contributed by atoms with Crippen molar-refractivity contribution in [2.75, 3.05) is 6.61 Å². The Morgan fingerprint density at radius 1 is 1.24 bits per heavy atom. The standard InChI is InChI=1S/C16H17NO4/c1-11-6-3-4-7-13(11)16(19)21-10-15(18)17-12(2)14-8-5-9-20-14/h3-9,12H,10H2,1-2H3,(H,17,18)/t12-/m1/s1. The van der Waals surface area contributed by atoms with Gasteiger partial charge in [0.05, 0.1) is 17.9 Å². The van der Waals surface area contributed by atoms with Crippen molar-refractivity contribution in [3.63, 3.8) is 0 Å². The molecule has 0 saturated heterocycles. The number of amides is 1. The van der Waals surface area contributed by atoms with Crippen LogP contribution in [0.5, 0.6) is 0 Å². The van der Waals surface area contributed by atoms with E-state index in [9.17, 15) is 9.59 Å². The molecule has 0 spiro atoms. The lowest BCUT2D eigenvalue weighted by Crippen LogP contribution is -2.31. The Morgan fingerprint density at radius 2 is 2.00 bits per heavy atom. The van der Waals surface area contributed by atoms with Crippen LogP contribution in [0.3, 0.4) is 0 Å². The van der Waals surface area contributed by atoms with Crippen molar-refractivity contribution in [2.45, 2.75) is 19.9 Å². The molecule has 0 radical (unpaired) electrons. The largest absolute Gasteiger partial charge is 0.467 e. The van der Waals surface area contributed by atoms with Gasteiger partial charge in [-0.1, -0.05) is 18.2 Å². The van der Waals surface area contributed by atoms with E-state index >= 15 is 0 Å². The summed E-state index contributed by atoms with van der Waals surface area (Å²) in [7, 11) is 0. The fraction of sp³-hybridized carbons (Fsp3) is 0.250. The van der Waals surface area contributed by atoms with E-state index in [1.54, 1.807) is 31.2 Å². The molecule has 0 unspecified atom stereocenters. The second-order valence-corrected chi connectivity index (χ2v) is 4.70. The van der Waals surface area contributed by atoms with Crippen LogP contribution in [0.4, 0.5) is 0 Å². The van der Waals surface area contributed by atoms with Gasteiger partial charge in [-0.3, -0.25) is 4.79 Å². The summed E-state index contributed by atoms with van der Waals surface area (Å²) in [6, 6.07) is 10.3. The molecular formula is C16H17NO4. The number of benzene rings is 1. The Balaban J connectivity index is 1.84. The Kier molecular flexibility index (Phi) is 4.77. The Labute approximate surface area is 122 Å². The first-order valence-electron chi connectivity index (χ1n) is 6.63. The van der Waals surface area contributed by atoms with Gasteiger partial charge in [0.2, 0.25) is 0 Å². The third kappa shape index (κ3) is 3.95. The summed E-state index contributed by atoms with van der Waals surface area (Å²) in [6.45, 7) is 3.29. The molecule has 5 nitrogen and oxygen atoms in total. The van der Waals surface area contributed by atoms with E-state index in [-0.39, 0.29) is 18.6 Å². The smallest absolute Gasteiger partial charge is 0.338 e. The highest BCUT2D eigenvalue weighted by Gasteiger charge is 2.15. The van der Waals surface area contributed by atoms with Gasteiger partial charge < -0.3 is 14.5 Å². The van der Waals surface area contributed by atoms with Crippen molar-refractivity contribution in [3.8, 4) is 0 Å². The van der Waals surface area contributed by atoms with Crippen molar-refractivity contribution >= 4 is 11.9 Å². The van der Waals surface area contributed by atoms with E-state index < -0.39 is 5.97 Å². The third-order valence-corrected chi connectivity index (χ3v) is 3.05. The molecule has 1 aromatic carbocycles. The van der Waals surface area contributed by atoms with Gasteiger partial charge in [0.15, 0.2) is 6.61 Å². The highest BCUT2D eigenvalue weighted by molar-refractivity contribution is 5.92. The SMILES string of the molecule is Cc1ccccc1C(=O)OCC(=O)N[C@H](C)c1ccco1. The predicted molar refractivity (Wildman–Crippen MR) is 76.7 cm³/mol. The topological polar surface area (TPSA) is 68.5 Å². The normalized spacial score (nSPS) is 11.7. The van der Waals surface area contributed by atoms with Crippen molar-refractivity contribution in [3.05, 3.63) is 59.5 Å². The number of aryl methyl sites for hydroxylation is 1. The lowest BCUT2D eigenvalue weighted by Gasteiger charge is -2.12. The van der Waals surface area contributed by atoms with Gasteiger partial charge in [0.25, 0.3) is 5.91 Å². The zero-order valence-corrected chi connectivity index (χ0v) is 12.0. The van der Waals surface area contributed by atoms with Crippen molar-refractivity contribution < 1.29 is 18.7 Å². The van der Waals surface area contributed by atoms with Gasteiger partial charge in [-0.15, -0.1) is 0 Å². The van der Waals surface area contributed by atoms with Crippen LogP contribution < -0.4 is 5.32 Å². The molecule has 0 fully saturated rings. The molecule has 1 heterocycles. The van der Waals surface area contributed by atoms with Gasteiger partial charge >= 0.3 is 5.97 Å². The van der Waals surface area contributed by atoms with Crippen LogP contribution in [0.15, 0.2) is 47.1 Å². The molecule has 110 valence electrons. The van der Waals surface area contributed by atoms with Crippen molar-refractivity contribution in [1.29, 1.82) is 0 Å². The second-order valence-electron chi connectivity index (χ2n) is 4.70. The van der Waals surface area contributed by atoms with Crippen LogP contribution >= 0.6 is 0 Å². The molecule has 0 aliphatic heterocycles. The van der Waals surface area contributed by atoms with Crippen LogP contribution in [0.25, 0.3) is 0 Å². The van der Waals surface area contributed by atoms with Crippen LogP contribution in [0.1, 0.15) is 34.6 Å². The quantitative estimate of drug-likeness (QED) is 0.858. The molecule has 1 aromatic heterocycles. The summed E-state index contributed by atoms with van der Waals surface area (Å²) in [4.78, 5) is 23.6. The maximum Gasteiger partial charge on any atom is 0.338 e. The minimum Gasteiger partial charge on any atom is -0.467 e. The molecular weight excluding hydrogens is 270 g/mol. The van der Waals surface area contributed by atoms with E-state index in [0.29, 0.717) is 11.3 Å². The summed E-state index contributed by atoms with van der Waals surface area (Å²) >= 11 is 0. The van der Waals surface area contributed by atoms with E-state index in [1.807, 2.05) is 19.1 Å². The Morgan fingerprint density at radius 3 is 2.67 bits per heavy atom. The fourth-order valence-electron chi connectivity index (χ4n) is 1.90. The molecule has 1 amide bonds. The van der Waals surface area contributed by atoms with Crippen molar-refractivity contribution in [2.24, 2.45) is 0 Å². The molecule has 1 N–H and O–H groups in total. The molecule has 1 atom stereocenters. The van der Waals surface area contributed by atoms with Gasteiger partial charge in [-0.2, -0.15) is 0 Å². The number of hydrogen-bond acceptors (Lipinski definition) is 4. The first kappa shape index (κ1) is 14.8. The molecule has 2 rings (SSSR count). The number of nitrogens with one attached hydrogen (secondary N) is 1. The lowest BCUT2D eigenvalue weighted by atomic mass is 10.1. The molecule has 0 aliphatic carbocycles. The minimum absolute atomic E-state index is 0.273. The first-order valence-corrected chi connectivity index (χ1v) is 6.63. The molecule has 21 heavy (non-hydrogen) atoms. The van der Waals surface area contributed by atoms with E-state index in [4.69, 9.17) is 9.15 Å². The number of carbonyl (C=O) groups is 2. The summed E-state index contributed by atoms with van der Waals surface area (Å²) in [6.07, 6.45) is 1.54. The van der Waals surface area contributed by atoms with Crippen molar-refractivity contribution in [1.82, 2.24) is 5.32 Å². The first-order chi connectivity index (χ1) is 10.1. The van der Waals surface area contributed by atoms with Crippen LogP contribution in [-0.4, -0.2) is 18.5 Å². The molecule has 0 aliphatic rings. The predicted octanol–water partition coefficient (Wildman–Crippen LogP) is 2.62. The monoisotopic (exact) mass is 287 g/mol. The lowest BCUT2D eigenvalue weighted by molar-refractivity contribution is -0.125. The zero-order chi connectivity index (χ0) is 15.2. The van der Waals surface area contributed by atoms with E-state index in [2.05, 4.69) is 5.32 Å². The fourth-order valence-corrected chi connectivity index (χ4v) is 1.90. The summed E-state index contributed by atoms with van der Waals surface area (Å²) in [5.74, 6) is -0.233. The third-order valence-electron chi connectivity index (χ3n) is 3.05. The minimum atomic E-state index is -0.506. The molecule has 5 heteroatoms. The zero-order valence-electron chi connectivity index (χ0n) is 12.0. The van der Waals surface area contributed by atoms with Crippen LogP contribution in [0, 0.1) is 6.92 Å².